The van der Waals surface area contributed by atoms with Gasteiger partial charge in [-0.2, -0.15) is 4.98 Å². The predicted molar refractivity (Wildman–Crippen MR) is 126 cm³/mol. The average Bonchev–Trinajstić information content (AvgIpc) is 3.53. The molecular formula is C23H29N7O4. The standard InChI is InChI=1S/C23H29N7O4/c31-23(34-19-5-11-33-16-19)24-6-1-7-30-8-4-17-14-26-22(28-21(17)30)27-18-2-3-20(25-15-18)29-9-12-32-13-10-29/h2-4,8,14-15,19H,1,5-7,9-13,16H2,(H,24,31)(H,26,27,28). The van der Waals surface area contributed by atoms with E-state index in [9.17, 15) is 4.79 Å². The number of rotatable bonds is 8. The second-order valence-corrected chi connectivity index (χ2v) is 8.28. The molecule has 0 saturated carbocycles. The third-order valence-electron chi connectivity index (χ3n) is 5.85. The van der Waals surface area contributed by atoms with Gasteiger partial charge >= 0.3 is 6.09 Å². The Morgan fingerprint density at radius 3 is 2.82 bits per heavy atom. The minimum Gasteiger partial charge on any atom is -0.444 e. The van der Waals surface area contributed by atoms with Crippen LogP contribution in [0.2, 0.25) is 0 Å². The molecule has 0 aromatic carbocycles. The van der Waals surface area contributed by atoms with Crippen LogP contribution in [0, 0.1) is 0 Å². The van der Waals surface area contributed by atoms with Crippen LogP contribution in [0.3, 0.4) is 0 Å². The van der Waals surface area contributed by atoms with E-state index in [4.69, 9.17) is 14.2 Å². The van der Waals surface area contributed by atoms with Gasteiger partial charge in [-0.15, -0.1) is 0 Å². The number of ether oxygens (including phenoxy) is 3. The van der Waals surface area contributed by atoms with Crippen LogP contribution in [0.4, 0.5) is 22.2 Å². The lowest BCUT2D eigenvalue weighted by Gasteiger charge is -2.27. The summed E-state index contributed by atoms with van der Waals surface area (Å²) in [6, 6.07) is 5.96. The van der Waals surface area contributed by atoms with Gasteiger partial charge < -0.3 is 34.3 Å². The van der Waals surface area contributed by atoms with Crippen molar-refractivity contribution >= 4 is 34.6 Å². The van der Waals surface area contributed by atoms with E-state index in [0.29, 0.717) is 32.3 Å². The van der Waals surface area contributed by atoms with E-state index in [0.717, 1.165) is 61.7 Å². The highest BCUT2D eigenvalue weighted by Crippen LogP contribution is 2.20. The minimum atomic E-state index is -0.394. The predicted octanol–water partition coefficient (Wildman–Crippen LogP) is 2.31. The molecule has 1 atom stereocenters. The van der Waals surface area contributed by atoms with Gasteiger partial charge in [0.05, 0.1) is 38.3 Å². The molecule has 2 fully saturated rings. The molecule has 3 aromatic rings. The Kier molecular flexibility index (Phi) is 7.01. The molecule has 0 radical (unpaired) electrons. The quantitative estimate of drug-likeness (QED) is 0.482. The lowest BCUT2D eigenvalue weighted by molar-refractivity contribution is 0.0831. The highest BCUT2D eigenvalue weighted by atomic mass is 16.6. The Hall–Kier alpha value is -3.44. The second kappa shape index (κ2) is 10.7. The fourth-order valence-corrected chi connectivity index (χ4v) is 4.02. The Balaban J connectivity index is 1.14. The summed E-state index contributed by atoms with van der Waals surface area (Å²) in [5.41, 5.74) is 1.66. The molecule has 3 aromatic heterocycles. The van der Waals surface area contributed by atoms with Crippen LogP contribution in [-0.2, 0) is 20.8 Å². The molecule has 5 heterocycles. The first-order valence-electron chi connectivity index (χ1n) is 11.6. The maximum atomic E-state index is 11.9. The molecule has 180 valence electrons. The number of hydrogen-bond acceptors (Lipinski definition) is 9. The van der Waals surface area contributed by atoms with E-state index < -0.39 is 6.09 Å². The third kappa shape index (κ3) is 5.54. The largest absolute Gasteiger partial charge is 0.444 e. The SMILES string of the molecule is O=C(NCCCn1ccc2cnc(Nc3ccc(N4CCOCC4)nc3)nc21)OC1CCOC1. The summed E-state index contributed by atoms with van der Waals surface area (Å²) in [4.78, 5) is 27.7. The summed E-state index contributed by atoms with van der Waals surface area (Å²) in [6.45, 7) is 5.51. The Morgan fingerprint density at radius 1 is 1.12 bits per heavy atom. The number of carbonyl (C=O) groups excluding carboxylic acids is 1. The summed E-state index contributed by atoms with van der Waals surface area (Å²) in [5.74, 6) is 1.45. The van der Waals surface area contributed by atoms with E-state index in [1.807, 2.05) is 24.4 Å². The monoisotopic (exact) mass is 467 g/mol. The van der Waals surface area contributed by atoms with Crippen molar-refractivity contribution in [2.24, 2.45) is 0 Å². The van der Waals surface area contributed by atoms with E-state index in [-0.39, 0.29) is 6.10 Å². The third-order valence-corrected chi connectivity index (χ3v) is 5.85. The molecule has 11 nitrogen and oxygen atoms in total. The van der Waals surface area contributed by atoms with Crippen molar-refractivity contribution < 1.29 is 19.0 Å². The fourth-order valence-electron chi connectivity index (χ4n) is 4.02. The molecule has 1 amide bonds. The Morgan fingerprint density at radius 2 is 2.03 bits per heavy atom. The minimum absolute atomic E-state index is 0.137. The highest BCUT2D eigenvalue weighted by molar-refractivity contribution is 5.76. The average molecular weight is 468 g/mol. The first-order valence-corrected chi connectivity index (χ1v) is 11.6. The number of hydrogen-bond donors (Lipinski definition) is 2. The molecule has 2 N–H and O–H groups in total. The Labute approximate surface area is 197 Å². The van der Waals surface area contributed by atoms with E-state index in [1.54, 1.807) is 12.4 Å². The number of amides is 1. The number of alkyl carbamates (subject to hydrolysis) is 1. The number of carbonyl (C=O) groups is 1. The molecule has 5 rings (SSSR count). The number of morpholine rings is 1. The van der Waals surface area contributed by atoms with Crippen molar-refractivity contribution in [3.05, 3.63) is 36.8 Å². The van der Waals surface area contributed by atoms with Gasteiger partial charge in [0.15, 0.2) is 0 Å². The van der Waals surface area contributed by atoms with Crippen LogP contribution in [0.1, 0.15) is 12.8 Å². The molecule has 1 unspecified atom stereocenters. The van der Waals surface area contributed by atoms with Gasteiger partial charge in [-0.05, 0) is 24.6 Å². The highest BCUT2D eigenvalue weighted by Gasteiger charge is 2.19. The Bertz CT molecular complexity index is 1090. The molecule has 34 heavy (non-hydrogen) atoms. The molecule has 0 bridgehead atoms. The molecule has 11 heteroatoms. The number of nitrogens with zero attached hydrogens (tertiary/aromatic N) is 5. The number of nitrogens with one attached hydrogen (secondary N) is 2. The van der Waals surface area contributed by atoms with Crippen LogP contribution in [-0.4, -0.2) is 77.8 Å². The van der Waals surface area contributed by atoms with Gasteiger partial charge in [0.2, 0.25) is 5.95 Å². The van der Waals surface area contributed by atoms with Crippen molar-refractivity contribution in [3.63, 3.8) is 0 Å². The zero-order chi connectivity index (χ0) is 23.2. The lowest BCUT2D eigenvalue weighted by atomic mass is 10.3. The van der Waals surface area contributed by atoms with Crippen LogP contribution in [0.15, 0.2) is 36.8 Å². The number of fused-ring (bicyclic) bond motifs is 1. The van der Waals surface area contributed by atoms with Crippen LogP contribution >= 0.6 is 0 Å². The van der Waals surface area contributed by atoms with Gasteiger partial charge in [-0.3, -0.25) is 0 Å². The molecule has 0 aliphatic carbocycles. The maximum Gasteiger partial charge on any atom is 0.407 e. The number of anilines is 3. The van der Waals surface area contributed by atoms with Gasteiger partial charge in [0.1, 0.15) is 17.6 Å². The van der Waals surface area contributed by atoms with Gasteiger partial charge in [-0.1, -0.05) is 0 Å². The summed E-state index contributed by atoms with van der Waals surface area (Å²) in [5, 5.41) is 6.99. The molecular weight excluding hydrogens is 438 g/mol. The fraction of sp³-hybridized carbons (Fsp3) is 0.478. The molecule has 2 aliphatic heterocycles. The number of aromatic nitrogens is 4. The van der Waals surface area contributed by atoms with Gasteiger partial charge in [0, 0.05) is 50.4 Å². The number of pyridine rings is 1. The number of aryl methyl sites for hydroxylation is 1. The zero-order valence-corrected chi connectivity index (χ0v) is 19.0. The zero-order valence-electron chi connectivity index (χ0n) is 19.0. The lowest BCUT2D eigenvalue weighted by Crippen LogP contribution is -2.36. The van der Waals surface area contributed by atoms with Crippen molar-refractivity contribution in [2.75, 3.05) is 56.3 Å². The van der Waals surface area contributed by atoms with Gasteiger partial charge in [0.25, 0.3) is 0 Å². The van der Waals surface area contributed by atoms with Crippen molar-refractivity contribution in [1.29, 1.82) is 0 Å². The van der Waals surface area contributed by atoms with E-state index in [1.165, 1.54) is 0 Å². The first kappa shape index (κ1) is 22.4. The summed E-state index contributed by atoms with van der Waals surface area (Å²) < 4.78 is 18.0. The van der Waals surface area contributed by atoms with Crippen LogP contribution in [0.25, 0.3) is 11.0 Å². The van der Waals surface area contributed by atoms with Crippen LogP contribution in [0.5, 0.6) is 0 Å². The summed E-state index contributed by atoms with van der Waals surface area (Å²) in [6.07, 6.45) is 6.55. The van der Waals surface area contributed by atoms with Crippen molar-refractivity contribution in [3.8, 4) is 0 Å². The summed E-state index contributed by atoms with van der Waals surface area (Å²) >= 11 is 0. The van der Waals surface area contributed by atoms with Crippen LogP contribution < -0.4 is 15.5 Å². The van der Waals surface area contributed by atoms with Crippen molar-refractivity contribution in [1.82, 2.24) is 24.8 Å². The molecule has 2 aliphatic rings. The smallest absolute Gasteiger partial charge is 0.407 e. The topological polar surface area (TPSA) is 116 Å². The molecule has 0 spiro atoms. The maximum absolute atomic E-state index is 11.9. The molecule has 2 saturated heterocycles. The van der Waals surface area contributed by atoms with Crippen molar-refractivity contribution in [2.45, 2.75) is 25.5 Å². The normalized spacial score (nSPS) is 18.2. The first-order chi connectivity index (χ1) is 16.7. The summed E-state index contributed by atoms with van der Waals surface area (Å²) in [7, 11) is 0. The van der Waals surface area contributed by atoms with E-state index in [2.05, 4.69) is 35.1 Å². The van der Waals surface area contributed by atoms with E-state index >= 15 is 0 Å². The second-order valence-electron chi connectivity index (χ2n) is 8.28. The van der Waals surface area contributed by atoms with Gasteiger partial charge in [-0.25, -0.2) is 14.8 Å².